The monoisotopic (exact) mass is 306 g/mol. The first-order chi connectivity index (χ1) is 10.3. The van der Waals surface area contributed by atoms with Gasteiger partial charge in [-0.15, -0.1) is 0 Å². The van der Waals surface area contributed by atoms with Crippen molar-refractivity contribution >= 4 is 5.91 Å². The summed E-state index contributed by atoms with van der Waals surface area (Å²) < 4.78 is 0. The molecule has 5 aliphatic rings. The Morgan fingerprint density at radius 2 is 1.86 bits per heavy atom. The highest BCUT2D eigenvalue weighted by Gasteiger charge is 2.60. The first-order valence-corrected chi connectivity index (χ1v) is 9.10. The summed E-state index contributed by atoms with van der Waals surface area (Å²) in [4.78, 5) is 15.1. The van der Waals surface area contributed by atoms with Crippen LogP contribution in [0.3, 0.4) is 0 Å². The Kier molecular flexibility index (Phi) is 3.19. The van der Waals surface area contributed by atoms with Gasteiger partial charge in [-0.05, 0) is 75.0 Å². The van der Waals surface area contributed by atoms with E-state index < -0.39 is 11.6 Å². The number of carbonyl (C=O) groups excluding carboxylic acids is 1. The Balaban J connectivity index is 1.57. The van der Waals surface area contributed by atoms with Crippen molar-refractivity contribution in [2.45, 2.75) is 76.5 Å². The molecule has 0 aromatic rings. The van der Waals surface area contributed by atoms with Crippen LogP contribution >= 0.6 is 0 Å². The third-order valence-corrected chi connectivity index (χ3v) is 7.42. The average Bonchev–Trinajstić information content (AvgIpc) is 2.75. The fraction of sp³-hybridized carbons (Fsp3) is 0.944. The number of nitrogens with two attached hydrogens (primary N) is 1. The molecule has 124 valence electrons. The summed E-state index contributed by atoms with van der Waals surface area (Å²) in [5.74, 6) is 1.87. The van der Waals surface area contributed by atoms with E-state index in [4.69, 9.17) is 5.73 Å². The van der Waals surface area contributed by atoms with Crippen LogP contribution in [0.15, 0.2) is 0 Å². The lowest BCUT2D eigenvalue weighted by Crippen LogP contribution is -2.64. The van der Waals surface area contributed by atoms with Crippen LogP contribution in [0.2, 0.25) is 0 Å². The van der Waals surface area contributed by atoms with Gasteiger partial charge in [0.2, 0.25) is 5.91 Å². The van der Waals surface area contributed by atoms with Crippen LogP contribution in [0.25, 0.3) is 0 Å². The summed E-state index contributed by atoms with van der Waals surface area (Å²) >= 11 is 0. The molecule has 4 heteroatoms. The highest BCUT2D eigenvalue weighted by atomic mass is 16.3. The topological polar surface area (TPSA) is 66.6 Å². The molecule has 0 aromatic carbocycles. The number of rotatable bonds is 2. The second kappa shape index (κ2) is 4.70. The lowest BCUT2D eigenvalue weighted by Gasteiger charge is -2.61. The van der Waals surface area contributed by atoms with Crippen LogP contribution in [-0.2, 0) is 4.79 Å². The van der Waals surface area contributed by atoms with Gasteiger partial charge in [-0.1, -0.05) is 6.92 Å². The summed E-state index contributed by atoms with van der Waals surface area (Å²) in [5, 5.41) is 10.9. The van der Waals surface area contributed by atoms with E-state index in [2.05, 4.69) is 13.8 Å². The minimum Gasteiger partial charge on any atom is -0.390 e. The van der Waals surface area contributed by atoms with Gasteiger partial charge in [0.05, 0.1) is 11.6 Å². The molecule has 5 rings (SSSR count). The molecule has 22 heavy (non-hydrogen) atoms. The summed E-state index contributed by atoms with van der Waals surface area (Å²) in [5.41, 5.74) is 5.89. The molecule has 4 bridgehead atoms. The summed E-state index contributed by atoms with van der Waals surface area (Å²) in [6, 6.07) is -0.117. The second-order valence-corrected chi connectivity index (χ2v) is 9.06. The molecule has 4 saturated carbocycles. The van der Waals surface area contributed by atoms with Gasteiger partial charge in [0.1, 0.15) is 0 Å². The van der Waals surface area contributed by atoms with Gasteiger partial charge in [-0.25, -0.2) is 0 Å². The zero-order valence-corrected chi connectivity index (χ0v) is 13.9. The van der Waals surface area contributed by atoms with Crippen LogP contribution in [0.5, 0.6) is 0 Å². The van der Waals surface area contributed by atoms with Gasteiger partial charge >= 0.3 is 0 Å². The number of carbonyl (C=O) groups is 1. The molecule has 0 aromatic heterocycles. The SMILES string of the molecule is CC1CCN(C(=O)[C@@H](N)C23CC4CC(CC(O)(C4)C2)C3)C1C. The molecule has 4 unspecified atom stereocenters. The number of hydrogen-bond acceptors (Lipinski definition) is 3. The van der Waals surface area contributed by atoms with Crippen molar-refractivity contribution in [3.63, 3.8) is 0 Å². The highest BCUT2D eigenvalue weighted by Crippen LogP contribution is 2.62. The largest absolute Gasteiger partial charge is 0.390 e. The molecule has 1 heterocycles. The fourth-order valence-electron chi connectivity index (χ4n) is 6.49. The predicted molar refractivity (Wildman–Crippen MR) is 85.0 cm³/mol. The van der Waals surface area contributed by atoms with Gasteiger partial charge in [0, 0.05) is 12.6 Å². The molecule has 5 atom stereocenters. The number of likely N-dealkylation sites (tertiary alicyclic amines) is 1. The van der Waals surface area contributed by atoms with Crippen molar-refractivity contribution in [2.75, 3.05) is 6.54 Å². The van der Waals surface area contributed by atoms with E-state index in [1.807, 2.05) is 4.90 Å². The fourth-order valence-corrected chi connectivity index (χ4v) is 6.49. The molecule has 0 radical (unpaired) electrons. The summed E-state index contributed by atoms with van der Waals surface area (Å²) in [7, 11) is 0. The van der Waals surface area contributed by atoms with Gasteiger partial charge in [-0.3, -0.25) is 4.79 Å². The Morgan fingerprint density at radius 3 is 2.36 bits per heavy atom. The molecular formula is C18H30N2O2. The van der Waals surface area contributed by atoms with Crippen molar-refractivity contribution in [1.82, 2.24) is 4.90 Å². The van der Waals surface area contributed by atoms with E-state index in [0.717, 1.165) is 45.1 Å². The lowest BCUT2D eigenvalue weighted by atomic mass is 9.46. The quantitative estimate of drug-likeness (QED) is 0.819. The molecule has 1 saturated heterocycles. The van der Waals surface area contributed by atoms with Crippen LogP contribution in [-0.4, -0.2) is 40.1 Å². The second-order valence-electron chi connectivity index (χ2n) is 9.06. The van der Waals surface area contributed by atoms with Crippen LogP contribution in [0.1, 0.15) is 58.8 Å². The van der Waals surface area contributed by atoms with Gasteiger partial charge in [-0.2, -0.15) is 0 Å². The maximum Gasteiger partial charge on any atom is 0.240 e. The maximum atomic E-state index is 13.0. The first-order valence-electron chi connectivity index (χ1n) is 9.10. The minimum atomic E-state index is -0.536. The van der Waals surface area contributed by atoms with Gasteiger partial charge in [0.25, 0.3) is 0 Å². The Bertz CT molecular complexity index is 477. The van der Waals surface area contributed by atoms with Crippen molar-refractivity contribution in [3.8, 4) is 0 Å². The molecule has 4 aliphatic carbocycles. The summed E-state index contributed by atoms with van der Waals surface area (Å²) in [6.07, 6.45) is 7.04. The van der Waals surface area contributed by atoms with Crippen molar-refractivity contribution < 1.29 is 9.90 Å². The van der Waals surface area contributed by atoms with Crippen molar-refractivity contribution in [2.24, 2.45) is 28.9 Å². The van der Waals surface area contributed by atoms with E-state index in [-0.39, 0.29) is 11.3 Å². The molecular weight excluding hydrogens is 276 g/mol. The van der Waals surface area contributed by atoms with E-state index in [1.165, 1.54) is 6.42 Å². The smallest absolute Gasteiger partial charge is 0.240 e. The number of amides is 1. The molecule has 4 nitrogen and oxygen atoms in total. The van der Waals surface area contributed by atoms with E-state index in [1.54, 1.807) is 0 Å². The normalized spacial score (nSPS) is 51.4. The Morgan fingerprint density at radius 1 is 1.23 bits per heavy atom. The van der Waals surface area contributed by atoms with E-state index in [0.29, 0.717) is 23.8 Å². The zero-order chi connectivity index (χ0) is 15.7. The predicted octanol–water partition coefficient (Wildman–Crippen LogP) is 1.90. The minimum absolute atomic E-state index is 0.137. The molecule has 0 spiro atoms. The Hall–Kier alpha value is -0.610. The standard InChI is InChI=1S/C18H30N2O2/c1-11-3-4-20(12(11)2)16(21)15(19)17-6-13-5-14(7-17)9-18(22,8-13)10-17/h11-15,22H,3-10,19H2,1-2H3/t11?,12?,13?,14?,15-,17?,18?/m1/s1. The van der Waals surface area contributed by atoms with Crippen molar-refractivity contribution in [1.29, 1.82) is 0 Å². The number of hydrogen-bond donors (Lipinski definition) is 2. The maximum absolute atomic E-state index is 13.0. The number of nitrogens with zero attached hydrogens (tertiary/aromatic N) is 1. The highest BCUT2D eigenvalue weighted by molar-refractivity contribution is 5.83. The third kappa shape index (κ3) is 2.06. The van der Waals surface area contributed by atoms with E-state index in [9.17, 15) is 9.90 Å². The van der Waals surface area contributed by atoms with Crippen molar-refractivity contribution in [3.05, 3.63) is 0 Å². The van der Waals surface area contributed by atoms with E-state index >= 15 is 0 Å². The first kappa shape index (κ1) is 14.9. The van der Waals surface area contributed by atoms with Gasteiger partial charge in [0.15, 0.2) is 0 Å². The molecule has 3 N–H and O–H groups in total. The molecule has 1 aliphatic heterocycles. The van der Waals surface area contributed by atoms with Crippen LogP contribution in [0.4, 0.5) is 0 Å². The molecule has 5 fully saturated rings. The lowest BCUT2D eigenvalue weighted by molar-refractivity contribution is -0.177. The van der Waals surface area contributed by atoms with Crippen LogP contribution in [0, 0.1) is 23.2 Å². The average molecular weight is 306 g/mol. The Labute approximate surface area is 133 Å². The third-order valence-electron chi connectivity index (χ3n) is 7.42. The zero-order valence-electron chi connectivity index (χ0n) is 13.9. The summed E-state index contributed by atoms with van der Waals surface area (Å²) in [6.45, 7) is 5.22. The number of aliphatic hydroxyl groups is 1. The van der Waals surface area contributed by atoms with Gasteiger partial charge < -0.3 is 15.7 Å². The molecule has 1 amide bonds. The van der Waals surface area contributed by atoms with Crippen LogP contribution < -0.4 is 5.73 Å².